The van der Waals surface area contributed by atoms with Gasteiger partial charge < -0.3 is 24.8 Å². The lowest BCUT2D eigenvalue weighted by Crippen LogP contribution is -2.56. The van der Waals surface area contributed by atoms with Crippen LogP contribution < -0.4 is 5.32 Å². The number of piperidine rings is 2. The molecule has 8 nitrogen and oxygen atoms in total. The van der Waals surface area contributed by atoms with Crippen LogP contribution in [0.15, 0.2) is 0 Å². The van der Waals surface area contributed by atoms with Crippen LogP contribution in [0.3, 0.4) is 0 Å². The van der Waals surface area contributed by atoms with Gasteiger partial charge in [-0.3, -0.25) is 14.5 Å². The Morgan fingerprint density at radius 3 is 2.44 bits per heavy atom. The summed E-state index contributed by atoms with van der Waals surface area (Å²) in [5, 5.41) is 3.40. The third kappa shape index (κ3) is 5.30. The molecule has 8 heteroatoms. The Kier molecular flexibility index (Phi) is 7.49. The minimum atomic E-state index is -0.344. The monoisotopic (exact) mass is 475 g/mol. The van der Waals surface area contributed by atoms with Crippen LogP contribution in [0, 0.1) is 5.92 Å². The Hall–Kier alpha value is -1.22. The molecule has 1 spiro atoms. The van der Waals surface area contributed by atoms with Crippen LogP contribution in [0.5, 0.6) is 0 Å². The number of amides is 2. The van der Waals surface area contributed by atoms with Crippen molar-refractivity contribution in [3.05, 3.63) is 0 Å². The Morgan fingerprint density at radius 1 is 1.03 bits per heavy atom. The minimum absolute atomic E-state index is 0.0841. The van der Waals surface area contributed by atoms with Crippen molar-refractivity contribution in [1.82, 2.24) is 24.9 Å². The molecule has 5 rings (SSSR count). The van der Waals surface area contributed by atoms with Gasteiger partial charge in [-0.25, -0.2) is 0 Å². The predicted molar refractivity (Wildman–Crippen MR) is 132 cm³/mol. The zero-order valence-electron chi connectivity index (χ0n) is 21.3. The molecule has 192 valence electrons. The first-order valence-corrected chi connectivity index (χ1v) is 13.7. The SMILES string of the molecule is CN1CCC(N(C)[C@H]2C[C@H]3C(=O)NC4(CCN(CCC5CCOCC5)CC4)CC(=O)N3C2)CC1. The highest BCUT2D eigenvalue weighted by Crippen LogP contribution is 2.34. The van der Waals surface area contributed by atoms with Crippen LogP contribution in [0.2, 0.25) is 0 Å². The molecule has 0 saturated carbocycles. The molecule has 34 heavy (non-hydrogen) atoms. The van der Waals surface area contributed by atoms with Gasteiger partial charge in [-0.05, 0) is 91.0 Å². The fourth-order valence-electron chi connectivity index (χ4n) is 7.02. The molecule has 0 radical (unpaired) electrons. The molecule has 2 amide bonds. The van der Waals surface area contributed by atoms with Crippen molar-refractivity contribution < 1.29 is 14.3 Å². The smallest absolute Gasteiger partial charge is 0.243 e. The summed E-state index contributed by atoms with van der Waals surface area (Å²) in [6.07, 6.45) is 8.96. The second kappa shape index (κ2) is 10.4. The number of likely N-dealkylation sites (N-methyl/N-ethyl adjacent to an activating group) is 1. The van der Waals surface area contributed by atoms with E-state index in [1.54, 1.807) is 0 Å². The van der Waals surface area contributed by atoms with Gasteiger partial charge in [0.25, 0.3) is 0 Å². The maximum Gasteiger partial charge on any atom is 0.243 e. The van der Waals surface area contributed by atoms with Gasteiger partial charge in [0.05, 0.1) is 12.0 Å². The minimum Gasteiger partial charge on any atom is -0.381 e. The first kappa shape index (κ1) is 24.5. The number of nitrogens with one attached hydrogen (secondary N) is 1. The molecule has 0 aromatic heterocycles. The van der Waals surface area contributed by atoms with Crippen molar-refractivity contribution in [3.63, 3.8) is 0 Å². The quantitative estimate of drug-likeness (QED) is 0.644. The van der Waals surface area contributed by atoms with Crippen LogP contribution in [0.25, 0.3) is 0 Å². The van der Waals surface area contributed by atoms with E-state index in [1.165, 1.54) is 32.1 Å². The van der Waals surface area contributed by atoms with E-state index in [9.17, 15) is 9.59 Å². The standard InChI is InChI=1S/C26H45N5O3/c1-28-10-4-21(5-11-28)29(2)22-17-23-25(33)27-26(18-24(32)31(23)19-22)8-13-30(14-9-26)12-3-20-6-15-34-16-7-20/h20-23H,3-19H2,1-2H3,(H,27,33)/t22-,23-/m0/s1. The van der Waals surface area contributed by atoms with E-state index >= 15 is 0 Å². The van der Waals surface area contributed by atoms with Crippen molar-refractivity contribution in [1.29, 1.82) is 0 Å². The maximum atomic E-state index is 13.4. The van der Waals surface area contributed by atoms with Gasteiger partial charge in [-0.2, -0.15) is 0 Å². The van der Waals surface area contributed by atoms with E-state index in [2.05, 4.69) is 34.1 Å². The number of carbonyl (C=O) groups excluding carboxylic acids is 2. The summed E-state index contributed by atoms with van der Waals surface area (Å²) in [5.41, 5.74) is -0.344. The number of hydrogen-bond acceptors (Lipinski definition) is 6. The summed E-state index contributed by atoms with van der Waals surface area (Å²) in [5.74, 6) is 1.05. The number of likely N-dealkylation sites (tertiary alicyclic amines) is 2. The fraction of sp³-hybridized carbons (Fsp3) is 0.923. The molecule has 0 bridgehead atoms. The summed E-state index contributed by atoms with van der Waals surface area (Å²) >= 11 is 0. The van der Waals surface area contributed by atoms with Crippen LogP contribution in [0.1, 0.15) is 57.8 Å². The lowest BCUT2D eigenvalue weighted by atomic mass is 9.83. The van der Waals surface area contributed by atoms with Gasteiger partial charge in [0, 0.05) is 44.9 Å². The summed E-state index contributed by atoms with van der Waals surface area (Å²) in [7, 11) is 4.39. The van der Waals surface area contributed by atoms with Crippen LogP contribution >= 0.6 is 0 Å². The molecule has 5 aliphatic rings. The third-order valence-corrected chi connectivity index (χ3v) is 9.63. The third-order valence-electron chi connectivity index (χ3n) is 9.63. The number of rotatable bonds is 5. The Labute approximate surface area is 205 Å². The highest BCUT2D eigenvalue weighted by atomic mass is 16.5. The average Bonchev–Trinajstić information content (AvgIpc) is 3.27. The molecule has 5 aliphatic heterocycles. The summed E-state index contributed by atoms with van der Waals surface area (Å²) in [6.45, 7) is 7.86. The van der Waals surface area contributed by atoms with Crippen molar-refractivity contribution in [3.8, 4) is 0 Å². The predicted octanol–water partition coefficient (Wildman–Crippen LogP) is 1.15. The van der Waals surface area contributed by atoms with Crippen molar-refractivity contribution >= 4 is 11.8 Å². The second-order valence-electron chi connectivity index (χ2n) is 11.8. The van der Waals surface area contributed by atoms with Crippen molar-refractivity contribution in [2.45, 2.75) is 81.5 Å². The largest absolute Gasteiger partial charge is 0.381 e. The van der Waals surface area contributed by atoms with E-state index in [0.717, 1.165) is 71.1 Å². The zero-order valence-corrected chi connectivity index (χ0v) is 21.3. The van der Waals surface area contributed by atoms with Gasteiger partial charge in [0.15, 0.2) is 0 Å². The fourth-order valence-corrected chi connectivity index (χ4v) is 7.02. The molecule has 5 fully saturated rings. The number of ether oxygens (including phenoxy) is 1. The zero-order chi connectivity index (χ0) is 23.7. The highest BCUT2D eigenvalue weighted by molar-refractivity contribution is 5.92. The van der Waals surface area contributed by atoms with E-state index < -0.39 is 0 Å². The average molecular weight is 476 g/mol. The lowest BCUT2D eigenvalue weighted by molar-refractivity contribution is -0.135. The summed E-state index contributed by atoms with van der Waals surface area (Å²) < 4.78 is 5.49. The summed E-state index contributed by atoms with van der Waals surface area (Å²) in [6, 6.07) is 0.547. The molecular formula is C26H45N5O3. The molecule has 1 N–H and O–H groups in total. The maximum absolute atomic E-state index is 13.4. The molecule has 0 unspecified atom stereocenters. The van der Waals surface area contributed by atoms with Crippen molar-refractivity contribution in [2.75, 3.05) is 66.6 Å². The van der Waals surface area contributed by atoms with E-state index in [1.807, 2.05) is 4.90 Å². The molecule has 0 aromatic rings. The van der Waals surface area contributed by atoms with Gasteiger partial charge in [0.2, 0.25) is 11.8 Å². The molecule has 0 aromatic carbocycles. The number of carbonyl (C=O) groups is 2. The molecule has 0 aliphatic carbocycles. The lowest BCUT2D eigenvalue weighted by Gasteiger charge is -2.42. The Balaban J connectivity index is 1.14. The van der Waals surface area contributed by atoms with E-state index in [-0.39, 0.29) is 29.4 Å². The van der Waals surface area contributed by atoms with Crippen LogP contribution in [0.4, 0.5) is 0 Å². The van der Waals surface area contributed by atoms with Gasteiger partial charge >= 0.3 is 0 Å². The number of hydrogen-bond donors (Lipinski definition) is 1. The topological polar surface area (TPSA) is 68.4 Å². The number of nitrogens with zero attached hydrogens (tertiary/aromatic N) is 4. The first-order valence-electron chi connectivity index (χ1n) is 13.7. The van der Waals surface area contributed by atoms with E-state index in [4.69, 9.17) is 4.74 Å². The normalized spacial score (nSPS) is 32.3. The molecule has 2 atom stereocenters. The number of fused-ring (bicyclic) bond motifs is 1. The van der Waals surface area contributed by atoms with Crippen molar-refractivity contribution in [2.24, 2.45) is 5.92 Å². The van der Waals surface area contributed by atoms with Gasteiger partial charge in [0.1, 0.15) is 6.04 Å². The summed E-state index contributed by atoms with van der Waals surface area (Å²) in [4.78, 5) is 36.1. The Morgan fingerprint density at radius 2 is 1.74 bits per heavy atom. The Bertz CT molecular complexity index is 698. The molecule has 5 heterocycles. The second-order valence-corrected chi connectivity index (χ2v) is 11.8. The highest BCUT2D eigenvalue weighted by Gasteiger charge is 2.49. The first-order chi connectivity index (χ1) is 16.4. The van der Waals surface area contributed by atoms with Gasteiger partial charge in [-0.1, -0.05) is 0 Å². The van der Waals surface area contributed by atoms with Crippen LogP contribution in [-0.4, -0.2) is 122 Å². The van der Waals surface area contributed by atoms with E-state index in [0.29, 0.717) is 19.0 Å². The molecule has 5 saturated heterocycles. The van der Waals surface area contributed by atoms with Gasteiger partial charge in [-0.15, -0.1) is 0 Å². The molecular weight excluding hydrogens is 430 g/mol. The van der Waals surface area contributed by atoms with Crippen LogP contribution in [-0.2, 0) is 14.3 Å².